The summed E-state index contributed by atoms with van der Waals surface area (Å²) in [5.74, 6) is 0.326. The van der Waals surface area contributed by atoms with Gasteiger partial charge in [0, 0.05) is 80.7 Å². The topological polar surface area (TPSA) is 85.9 Å². The van der Waals surface area contributed by atoms with Gasteiger partial charge in [0.05, 0.1) is 24.4 Å². The van der Waals surface area contributed by atoms with Crippen molar-refractivity contribution >= 4 is 34.0 Å². The minimum atomic E-state index is -0.0363. The first-order valence-electron chi connectivity index (χ1n) is 13.4. The van der Waals surface area contributed by atoms with Crippen LogP contribution in [0, 0.1) is 0 Å². The van der Waals surface area contributed by atoms with Gasteiger partial charge in [0.2, 0.25) is 0 Å². The largest absolute Gasteiger partial charge is 0.378 e. The molecule has 4 heterocycles. The van der Waals surface area contributed by atoms with Gasteiger partial charge < -0.3 is 30.1 Å². The molecular formula is C28H35N7O2. The fourth-order valence-electron chi connectivity index (χ4n) is 5.65. The molecule has 0 bridgehead atoms. The number of amides is 2. The summed E-state index contributed by atoms with van der Waals surface area (Å²) < 4.78 is 5.43. The lowest BCUT2D eigenvalue weighted by molar-refractivity contribution is 0.122. The number of likely N-dealkylation sites (tertiary alicyclic amines) is 1. The third kappa shape index (κ3) is 5.33. The molecule has 2 amide bonds. The number of aromatic nitrogens is 2. The zero-order valence-electron chi connectivity index (χ0n) is 21.2. The number of benzene rings is 2. The molecule has 0 spiro atoms. The summed E-state index contributed by atoms with van der Waals surface area (Å²) in [7, 11) is 0. The Morgan fingerprint density at radius 3 is 2.32 bits per heavy atom. The minimum absolute atomic E-state index is 0.0363. The van der Waals surface area contributed by atoms with E-state index in [1.165, 1.54) is 11.4 Å². The van der Waals surface area contributed by atoms with E-state index in [4.69, 9.17) is 9.72 Å². The zero-order chi connectivity index (χ0) is 25.0. The zero-order valence-corrected chi connectivity index (χ0v) is 21.2. The predicted molar refractivity (Wildman–Crippen MR) is 147 cm³/mol. The van der Waals surface area contributed by atoms with Crippen LogP contribution in [0.4, 0.5) is 21.9 Å². The molecule has 3 saturated heterocycles. The highest BCUT2D eigenvalue weighted by Gasteiger charge is 2.26. The maximum Gasteiger partial charge on any atom is 0.321 e. The molecule has 37 heavy (non-hydrogen) atoms. The molecule has 0 unspecified atom stereocenters. The van der Waals surface area contributed by atoms with E-state index in [2.05, 4.69) is 55.7 Å². The standard InChI is InChI=1S/C28H35N7O2/c36-28(32-22-1-3-23(4-2-22)34-15-17-37-18-16-34)35-11-7-21(8-12-35)27-25-6-5-24(19-26(25)30-20-31-27)33-13-9-29-10-14-33/h1-6,19-21,29H,7-18H2,(H,32,36). The van der Waals surface area contributed by atoms with Crippen LogP contribution in [0.15, 0.2) is 48.8 Å². The molecule has 3 aliphatic rings. The van der Waals surface area contributed by atoms with Crippen molar-refractivity contribution in [1.29, 1.82) is 0 Å². The minimum Gasteiger partial charge on any atom is -0.378 e. The third-order valence-corrected chi connectivity index (χ3v) is 7.80. The van der Waals surface area contributed by atoms with Gasteiger partial charge in [-0.2, -0.15) is 0 Å². The molecule has 3 aliphatic heterocycles. The van der Waals surface area contributed by atoms with Gasteiger partial charge in [0.1, 0.15) is 6.33 Å². The number of nitrogens with one attached hydrogen (secondary N) is 2. The lowest BCUT2D eigenvalue weighted by Crippen LogP contribution is -2.43. The van der Waals surface area contributed by atoms with E-state index in [0.717, 1.165) is 87.6 Å². The summed E-state index contributed by atoms with van der Waals surface area (Å²) in [5, 5.41) is 7.61. The molecular weight excluding hydrogens is 466 g/mol. The van der Waals surface area contributed by atoms with Gasteiger partial charge in [0.25, 0.3) is 0 Å². The Hall–Kier alpha value is -3.43. The number of nitrogens with zero attached hydrogens (tertiary/aromatic N) is 5. The van der Waals surface area contributed by atoms with E-state index in [0.29, 0.717) is 19.0 Å². The molecule has 9 heteroatoms. The highest BCUT2D eigenvalue weighted by molar-refractivity contribution is 5.89. The summed E-state index contributed by atoms with van der Waals surface area (Å²) in [6.45, 7) is 8.81. The number of fused-ring (bicyclic) bond motifs is 1. The van der Waals surface area contributed by atoms with Gasteiger partial charge >= 0.3 is 6.03 Å². The van der Waals surface area contributed by atoms with E-state index in [1.807, 2.05) is 17.0 Å². The Kier molecular flexibility index (Phi) is 7.05. The van der Waals surface area contributed by atoms with Crippen molar-refractivity contribution in [3.8, 4) is 0 Å². The number of urea groups is 1. The highest BCUT2D eigenvalue weighted by Crippen LogP contribution is 2.32. The number of carbonyl (C=O) groups is 1. The Balaban J connectivity index is 1.07. The summed E-state index contributed by atoms with van der Waals surface area (Å²) >= 11 is 0. The Labute approximate surface area is 217 Å². The molecule has 194 valence electrons. The fourth-order valence-corrected chi connectivity index (χ4v) is 5.65. The highest BCUT2D eigenvalue weighted by atomic mass is 16.5. The maximum atomic E-state index is 13.0. The van der Waals surface area contributed by atoms with Crippen molar-refractivity contribution in [1.82, 2.24) is 20.2 Å². The van der Waals surface area contributed by atoms with Gasteiger partial charge in [-0.25, -0.2) is 14.8 Å². The molecule has 3 fully saturated rings. The monoisotopic (exact) mass is 501 g/mol. The van der Waals surface area contributed by atoms with E-state index in [9.17, 15) is 4.79 Å². The Bertz CT molecular complexity index is 1210. The first kappa shape index (κ1) is 23.9. The maximum absolute atomic E-state index is 13.0. The number of morpholine rings is 1. The van der Waals surface area contributed by atoms with Crippen LogP contribution in [0.3, 0.4) is 0 Å². The average molecular weight is 502 g/mol. The number of rotatable bonds is 4. The van der Waals surface area contributed by atoms with Crippen molar-refractivity contribution in [3.05, 3.63) is 54.5 Å². The van der Waals surface area contributed by atoms with Crippen LogP contribution in [-0.2, 0) is 4.74 Å². The van der Waals surface area contributed by atoms with Crippen LogP contribution in [0.5, 0.6) is 0 Å². The molecule has 3 aromatic rings. The molecule has 0 atom stereocenters. The van der Waals surface area contributed by atoms with Crippen LogP contribution in [-0.4, -0.2) is 86.5 Å². The SMILES string of the molecule is O=C(Nc1ccc(N2CCOCC2)cc1)N1CCC(c2ncnc3cc(N4CCNCC4)ccc23)CC1. The normalized spacial score (nSPS) is 19.3. The van der Waals surface area contributed by atoms with Gasteiger partial charge in [-0.1, -0.05) is 0 Å². The first-order valence-corrected chi connectivity index (χ1v) is 13.4. The smallest absolute Gasteiger partial charge is 0.321 e. The lowest BCUT2D eigenvalue weighted by atomic mass is 9.91. The van der Waals surface area contributed by atoms with Gasteiger partial charge in [-0.05, 0) is 55.3 Å². The average Bonchev–Trinajstić information content (AvgIpc) is 2.98. The van der Waals surface area contributed by atoms with Crippen molar-refractivity contribution < 1.29 is 9.53 Å². The lowest BCUT2D eigenvalue weighted by Gasteiger charge is -2.32. The first-order chi connectivity index (χ1) is 18.2. The van der Waals surface area contributed by atoms with Crippen molar-refractivity contribution in [2.75, 3.05) is 80.7 Å². The Morgan fingerprint density at radius 2 is 1.57 bits per heavy atom. The number of anilines is 3. The number of carbonyl (C=O) groups excluding carboxylic acids is 1. The number of hydrogen-bond acceptors (Lipinski definition) is 7. The number of piperazine rings is 1. The number of piperidine rings is 1. The second-order valence-electron chi connectivity index (χ2n) is 10.0. The number of hydrogen-bond donors (Lipinski definition) is 2. The van der Waals surface area contributed by atoms with Crippen molar-refractivity contribution in [2.45, 2.75) is 18.8 Å². The van der Waals surface area contributed by atoms with Gasteiger partial charge in [0.15, 0.2) is 0 Å². The van der Waals surface area contributed by atoms with Gasteiger partial charge in [-0.15, -0.1) is 0 Å². The molecule has 1 aromatic heterocycles. The summed E-state index contributed by atoms with van der Waals surface area (Å²) in [5.41, 5.74) is 5.32. The summed E-state index contributed by atoms with van der Waals surface area (Å²) in [4.78, 5) is 28.9. The van der Waals surface area contributed by atoms with E-state index < -0.39 is 0 Å². The second kappa shape index (κ2) is 10.9. The molecule has 0 radical (unpaired) electrons. The van der Waals surface area contributed by atoms with E-state index >= 15 is 0 Å². The number of ether oxygens (including phenoxy) is 1. The van der Waals surface area contributed by atoms with E-state index in [1.54, 1.807) is 6.33 Å². The third-order valence-electron chi connectivity index (χ3n) is 7.80. The summed E-state index contributed by atoms with van der Waals surface area (Å²) in [6.07, 6.45) is 3.49. The molecule has 2 N–H and O–H groups in total. The Morgan fingerprint density at radius 1 is 0.865 bits per heavy atom. The van der Waals surface area contributed by atoms with Crippen molar-refractivity contribution in [2.24, 2.45) is 0 Å². The van der Waals surface area contributed by atoms with Crippen LogP contribution < -0.4 is 20.4 Å². The van der Waals surface area contributed by atoms with Crippen LogP contribution in [0.2, 0.25) is 0 Å². The summed E-state index contributed by atoms with van der Waals surface area (Å²) in [6, 6.07) is 14.6. The molecule has 9 nitrogen and oxygen atoms in total. The molecule has 0 saturated carbocycles. The molecule has 6 rings (SSSR count). The fraction of sp³-hybridized carbons (Fsp3) is 0.464. The van der Waals surface area contributed by atoms with Crippen LogP contribution in [0.25, 0.3) is 10.9 Å². The second-order valence-corrected chi connectivity index (χ2v) is 10.0. The van der Waals surface area contributed by atoms with Crippen molar-refractivity contribution in [3.63, 3.8) is 0 Å². The van der Waals surface area contributed by atoms with E-state index in [-0.39, 0.29) is 6.03 Å². The molecule has 0 aliphatic carbocycles. The quantitative estimate of drug-likeness (QED) is 0.567. The predicted octanol–water partition coefficient (Wildman–Crippen LogP) is 3.29. The van der Waals surface area contributed by atoms with Gasteiger partial charge in [-0.3, -0.25) is 0 Å². The van der Waals surface area contributed by atoms with Crippen LogP contribution >= 0.6 is 0 Å². The van der Waals surface area contributed by atoms with Crippen LogP contribution in [0.1, 0.15) is 24.5 Å². The molecule has 2 aromatic carbocycles.